The van der Waals surface area contributed by atoms with Gasteiger partial charge in [0.2, 0.25) is 10.0 Å². The third kappa shape index (κ3) is 5.75. The average molecular weight is 331 g/mol. The number of nitrogens with one attached hydrogen (secondary N) is 2. The van der Waals surface area contributed by atoms with Crippen LogP contribution in [0, 0.1) is 5.92 Å². The summed E-state index contributed by atoms with van der Waals surface area (Å²) < 4.78 is 25.0. The molecule has 2 rings (SSSR count). The lowest BCUT2D eigenvalue weighted by Gasteiger charge is -2.17. The molecular weight excluding hydrogens is 308 g/mol. The zero-order chi connectivity index (χ0) is 15.3. The van der Waals surface area contributed by atoms with Crippen LogP contribution in [0.5, 0.6) is 0 Å². The summed E-state index contributed by atoms with van der Waals surface area (Å²) in [4.78, 5) is 0. The van der Waals surface area contributed by atoms with Crippen LogP contribution in [-0.4, -0.2) is 21.2 Å². The van der Waals surface area contributed by atoms with Gasteiger partial charge in [0.25, 0.3) is 0 Å². The molecular formula is C15H23ClN2O2S. The number of halogens is 1. The van der Waals surface area contributed by atoms with E-state index in [4.69, 9.17) is 11.6 Å². The summed E-state index contributed by atoms with van der Waals surface area (Å²) >= 11 is 6.18. The van der Waals surface area contributed by atoms with Crippen LogP contribution < -0.4 is 10.0 Å². The van der Waals surface area contributed by atoms with Gasteiger partial charge in [-0.2, -0.15) is 0 Å². The highest BCUT2D eigenvalue weighted by atomic mass is 35.5. The normalized spacial score (nSPS) is 17.2. The predicted molar refractivity (Wildman–Crippen MR) is 89.6 cm³/mol. The second-order valence-electron chi connectivity index (χ2n) is 5.81. The van der Waals surface area contributed by atoms with Gasteiger partial charge in [-0.15, -0.1) is 0 Å². The van der Waals surface area contributed by atoms with Gasteiger partial charge >= 0.3 is 0 Å². The molecule has 2 N–H and O–H groups in total. The lowest BCUT2D eigenvalue weighted by molar-refractivity contribution is 0.483. The van der Waals surface area contributed by atoms with Gasteiger partial charge in [-0.3, -0.25) is 4.72 Å². The first-order valence-electron chi connectivity index (χ1n) is 7.45. The maximum atomic E-state index is 11.3. The van der Waals surface area contributed by atoms with E-state index in [2.05, 4.69) is 10.0 Å². The Bertz CT molecular complexity index is 567. The minimum Gasteiger partial charge on any atom is -0.384 e. The summed E-state index contributed by atoms with van der Waals surface area (Å²) in [5.74, 6) is 0.676. The van der Waals surface area contributed by atoms with E-state index in [1.54, 1.807) is 18.2 Å². The number of hydrogen-bond donors (Lipinski definition) is 2. The van der Waals surface area contributed by atoms with Gasteiger partial charge in [-0.1, -0.05) is 37.3 Å². The van der Waals surface area contributed by atoms with Gasteiger partial charge in [0.15, 0.2) is 0 Å². The SMILES string of the molecule is CS(=O)(=O)Nc1ccc(Cl)c(NCC2CCCCCC2)c1. The molecule has 0 spiro atoms. The van der Waals surface area contributed by atoms with E-state index in [-0.39, 0.29) is 0 Å². The summed E-state index contributed by atoms with van der Waals surface area (Å²) in [6, 6.07) is 5.13. The third-order valence-electron chi connectivity index (χ3n) is 3.83. The van der Waals surface area contributed by atoms with Crippen molar-refractivity contribution in [3.63, 3.8) is 0 Å². The Morgan fingerprint density at radius 3 is 2.48 bits per heavy atom. The predicted octanol–water partition coefficient (Wildman–Crippen LogP) is 4.09. The van der Waals surface area contributed by atoms with Crippen LogP contribution in [0.25, 0.3) is 0 Å². The van der Waals surface area contributed by atoms with Gasteiger partial charge < -0.3 is 5.32 Å². The van der Waals surface area contributed by atoms with Crippen LogP contribution >= 0.6 is 11.6 Å². The monoisotopic (exact) mass is 330 g/mol. The van der Waals surface area contributed by atoms with E-state index >= 15 is 0 Å². The molecule has 1 aromatic carbocycles. The zero-order valence-electron chi connectivity index (χ0n) is 12.4. The molecule has 1 aliphatic rings. The Labute approximate surface area is 132 Å². The van der Waals surface area contributed by atoms with Crippen LogP contribution in [-0.2, 0) is 10.0 Å². The first kappa shape index (κ1) is 16.4. The molecule has 1 fully saturated rings. The number of anilines is 2. The molecule has 0 heterocycles. The first-order chi connectivity index (χ1) is 9.94. The molecule has 6 heteroatoms. The maximum absolute atomic E-state index is 11.3. The van der Waals surface area contributed by atoms with Gasteiger partial charge in [-0.05, 0) is 37.0 Å². The van der Waals surface area contributed by atoms with Crippen molar-refractivity contribution in [2.24, 2.45) is 5.92 Å². The van der Waals surface area contributed by atoms with Crippen LogP contribution in [0.4, 0.5) is 11.4 Å². The van der Waals surface area contributed by atoms with Crippen molar-refractivity contribution in [1.82, 2.24) is 0 Å². The molecule has 118 valence electrons. The smallest absolute Gasteiger partial charge is 0.229 e. The molecule has 4 nitrogen and oxygen atoms in total. The van der Waals surface area contributed by atoms with Gasteiger partial charge in [0, 0.05) is 6.54 Å². The van der Waals surface area contributed by atoms with Crippen molar-refractivity contribution < 1.29 is 8.42 Å². The summed E-state index contributed by atoms with van der Waals surface area (Å²) in [5.41, 5.74) is 1.32. The minimum atomic E-state index is -3.27. The first-order valence-corrected chi connectivity index (χ1v) is 9.72. The molecule has 0 amide bonds. The molecule has 0 unspecified atom stereocenters. The lowest BCUT2D eigenvalue weighted by atomic mass is 10.0. The highest BCUT2D eigenvalue weighted by Crippen LogP contribution is 2.28. The molecule has 0 saturated heterocycles. The van der Waals surface area contributed by atoms with Crippen molar-refractivity contribution in [2.45, 2.75) is 38.5 Å². The molecule has 0 aliphatic heterocycles. The lowest BCUT2D eigenvalue weighted by Crippen LogP contribution is -2.14. The van der Waals surface area contributed by atoms with Crippen LogP contribution in [0.3, 0.4) is 0 Å². The van der Waals surface area contributed by atoms with E-state index in [0.717, 1.165) is 18.5 Å². The Hall–Kier alpha value is -0.940. The number of benzene rings is 1. The Morgan fingerprint density at radius 1 is 1.19 bits per heavy atom. The number of rotatable bonds is 5. The quantitative estimate of drug-likeness (QED) is 0.799. The van der Waals surface area contributed by atoms with E-state index in [9.17, 15) is 8.42 Å². The van der Waals surface area contributed by atoms with Gasteiger partial charge in [-0.25, -0.2) is 8.42 Å². The van der Waals surface area contributed by atoms with E-state index in [1.807, 2.05) is 0 Å². The third-order valence-corrected chi connectivity index (χ3v) is 4.76. The molecule has 0 atom stereocenters. The van der Waals surface area contributed by atoms with Crippen molar-refractivity contribution in [3.8, 4) is 0 Å². The molecule has 1 aliphatic carbocycles. The van der Waals surface area contributed by atoms with Crippen molar-refractivity contribution in [3.05, 3.63) is 23.2 Å². The highest BCUT2D eigenvalue weighted by molar-refractivity contribution is 7.92. The Kier molecular flexibility index (Phi) is 5.76. The van der Waals surface area contributed by atoms with Crippen molar-refractivity contribution in [2.75, 3.05) is 22.8 Å². The maximum Gasteiger partial charge on any atom is 0.229 e. The topological polar surface area (TPSA) is 58.2 Å². The molecule has 1 aromatic rings. The van der Waals surface area contributed by atoms with Crippen LogP contribution in [0.1, 0.15) is 38.5 Å². The fourth-order valence-corrected chi connectivity index (χ4v) is 3.50. The summed E-state index contributed by atoms with van der Waals surface area (Å²) in [6.07, 6.45) is 8.93. The Balaban J connectivity index is 1.99. The van der Waals surface area contributed by atoms with Crippen LogP contribution in [0.2, 0.25) is 5.02 Å². The number of sulfonamides is 1. The second-order valence-corrected chi connectivity index (χ2v) is 7.96. The largest absolute Gasteiger partial charge is 0.384 e. The average Bonchev–Trinajstić information content (AvgIpc) is 2.66. The van der Waals surface area contributed by atoms with Gasteiger partial charge in [0.05, 0.1) is 22.7 Å². The molecule has 0 radical (unpaired) electrons. The second kappa shape index (κ2) is 7.36. The van der Waals surface area contributed by atoms with Crippen molar-refractivity contribution in [1.29, 1.82) is 0 Å². The van der Waals surface area contributed by atoms with E-state index in [1.165, 1.54) is 38.5 Å². The van der Waals surface area contributed by atoms with Gasteiger partial charge in [0.1, 0.15) is 0 Å². The summed E-state index contributed by atoms with van der Waals surface area (Å²) in [6.45, 7) is 0.891. The van der Waals surface area contributed by atoms with Crippen LogP contribution in [0.15, 0.2) is 18.2 Å². The molecule has 21 heavy (non-hydrogen) atoms. The highest BCUT2D eigenvalue weighted by Gasteiger charge is 2.13. The zero-order valence-corrected chi connectivity index (χ0v) is 13.9. The fourth-order valence-electron chi connectivity index (χ4n) is 2.76. The Morgan fingerprint density at radius 2 is 1.86 bits per heavy atom. The summed E-state index contributed by atoms with van der Waals surface area (Å²) in [5, 5.41) is 3.98. The molecule has 1 saturated carbocycles. The summed E-state index contributed by atoms with van der Waals surface area (Å²) in [7, 11) is -3.27. The van der Waals surface area contributed by atoms with Crippen molar-refractivity contribution >= 4 is 33.0 Å². The standard InChI is InChI=1S/C15H23ClN2O2S/c1-21(19,20)18-13-8-9-14(16)15(10-13)17-11-12-6-4-2-3-5-7-12/h8-10,12,17-18H,2-7,11H2,1H3. The number of hydrogen-bond acceptors (Lipinski definition) is 3. The molecule has 0 bridgehead atoms. The fraction of sp³-hybridized carbons (Fsp3) is 0.600. The minimum absolute atomic E-state index is 0.533. The molecule has 0 aromatic heterocycles. The van der Waals surface area contributed by atoms with E-state index in [0.29, 0.717) is 16.6 Å². The van der Waals surface area contributed by atoms with E-state index < -0.39 is 10.0 Å².